The molecule has 0 saturated carbocycles. The van der Waals surface area contributed by atoms with Gasteiger partial charge >= 0.3 is 0 Å². The zero-order chi connectivity index (χ0) is 12.7. The van der Waals surface area contributed by atoms with Crippen molar-refractivity contribution in [1.29, 1.82) is 0 Å². The van der Waals surface area contributed by atoms with Crippen molar-refractivity contribution in [1.82, 2.24) is 4.90 Å². The number of nitrogen functional groups attached to an aromatic ring is 1. The van der Waals surface area contributed by atoms with Gasteiger partial charge in [0.1, 0.15) is 6.10 Å². The van der Waals surface area contributed by atoms with E-state index in [0.29, 0.717) is 5.92 Å². The summed E-state index contributed by atoms with van der Waals surface area (Å²) in [6, 6.07) is 2.36. The molecule has 3 fully saturated rings. The summed E-state index contributed by atoms with van der Waals surface area (Å²) >= 11 is 0. The molecule has 3 saturated heterocycles. The molecular formula is C13H16F2N2O. The van der Waals surface area contributed by atoms with Gasteiger partial charge in [0.25, 0.3) is 0 Å². The van der Waals surface area contributed by atoms with Crippen LogP contribution in [-0.4, -0.2) is 30.6 Å². The quantitative estimate of drug-likeness (QED) is 0.821. The SMILES string of the molecule is Nc1ccc(F)c(F)c1OC1CN2CCC1CC2. The molecule has 3 heterocycles. The molecule has 1 atom stereocenters. The maximum atomic E-state index is 13.7. The van der Waals surface area contributed by atoms with Crippen molar-refractivity contribution in [3.05, 3.63) is 23.8 Å². The Hall–Kier alpha value is -1.36. The Morgan fingerprint density at radius 1 is 1.22 bits per heavy atom. The van der Waals surface area contributed by atoms with Crippen molar-refractivity contribution in [3.8, 4) is 5.75 Å². The first-order valence-corrected chi connectivity index (χ1v) is 6.27. The number of rotatable bonds is 2. The van der Waals surface area contributed by atoms with Gasteiger partial charge in [-0.3, -0.25) is 4.90 Å². The maximum absolute atomic E-state index is 13.7. The van der Waals surface area contributed by atoms with E-state index in [1.165, 1.54) is 6.07 Å². The molecule has 1 aromatic carbocycles. The summed E-state index contributed by atoms with van der Waals surface area (Å²) in [6.45, 7) is 2.93. The van der Waals surface area contributed by atoms with Crippen molar-refractivity contribution >= 4 is 5.69 Å². The number of piperidine rings is 3. The van der Waals surface area contributed by atoms with Crippen LogP contribution >= 0.6 is 0 Å². The second kappa shape index (κ2) is 4.39. The van der Waals surface area contributed by atoms with Gasteiger partial charge in [0.05, 0.1) is 5.69 Å². The minimum atomic E-state index is -0.980. The van der Waals surface area contributed by atoms with Crippen molar-refractivity contribution in [2.45, 2.75) is 18.9 Å². The van der Waals surface area contributed by atoms with Gasteiger partial charge in [-0.2, -0.15) is 4.39 Å². The highest BCUT2D eigenvalue weighted by molar-refractivity contribution is 5.53. The number of nitrogens with two attached hydrogens (primary N) is 1. The third kappa shape index (κ3) is 1.92. The van der Waals surface area contributed by atoms with E-state index in [2.05, 4.69) is 4.90 Å². The van der Waals surface area contributed by atoms with Crippen LogP contribution in [0.15, 0.2) is 12.1 Å². The number of nitrogens with zero attached hydrogens (tertiary/aromatic N) is 1. The van der Waals surface area contributed by atoms with E-state index in [1.807, 2.05) is 0 Å². The van der Waals surface area contributed by atoms with Crippen molar-refractivity contribution in [3.63, 3.8) is 0 Å². The molecule has 3 aliphatic heterocycles. The molecule has 1 aromatic rings. The molecule has 18 heavy (non-hydrogen) atoms. The molecule has 0 amide bonds. The van der Waals surface area contributed by atoms with Crippen molar-refractivity contribution in [2.75, 3.05) is 25.4 Å². The summed E-state index contributed by atoms with van der Waals surface area (Å²) in [6.07, 6.45) is 2.04. The van der Waals surface area contributed by atoms with Gasteiger partial charge in [0, 0.05) is 6.54 Å². The summed E-state index contributed by atoms with van der Waals surface area (Å²) in [7, 11) is 0. The molecule has 3 aliphatic rings. The second-order valence-electron chi connectivity index (χ2n) is 5.07. The Kier molecular flexibility index (Phi) is 2.86. The standard InChI is InChI=1S/C13H16F2N2O/c14-9-1-2-10(16)13(12(9)15)18-11-7-17-5-3-8(11)4-6-17/h1-2,8,11H,3-7,16H2. The van der Waals surface area contributed by atoms with Crippen LogP contribution in [0, 0.1) is 17.6 Å². The van der Waals surface area contributed by atoms with E-state index in [1.54, 1.807) is 0 Å². The second-order valence-corrected chi connectivity index (χ2v) is 5.07. The van der Waals surface area contributed by atoms with Gasteiger partial charge in [-0.15, -0.1) is 0 Å². The highest BCUT2D eigenvalue weighted by atomic mass is 19.2. The third-order valence-electron chi connectivity index (χ3n) is 3.95. The average Bonchev–Trinajstić information content (AvgIpc) is 2.41. The maximum Gasteiger partial charge on any atom is 0.202 e. The Morgan fingerprint density at radius 3 is 2.56 bits per heavy atom. The summed E-state index contributed by atoms with van der Waals surface area (Å²) in [4.78, 5) is 2.29. The number of benzene rings is 1. The van der Waals surface area contributed by atoms with E-state index < -0.39 is 11.6 Å². The molecule has 1 unspecified atom stereocenters. The van der Waals surface area contributed by atoms with Gasteiger partial charge in [-0.25, -0.2) is 4.39 Å². The summed E-state index contributed by atoms with van der Waals surface area (Å²) in [5, 5.41) is 0. The minimum absolute atomic E-state index is 0.0777. The van der Waals surface area contributed by atoms with Crippen molar-refractivity contribution in [2.24, 2.45) is 5.92 Å². The number of anilines is 1. The Morgan fingerprint density at radius 2 is 1.94 bits per heavy atom. The lowest BCUT2D eigenvalue weighted by atomic mass is 9.86. The molecule has 5 heteroatoms. The highest BCUT2D eigenvalue weighted by Gasteiger charge is 2.36. The molecule has 0 aliphatic carbocycles. The topological polar surface area (TPSA) is 38.5 Å². The van der Waals surface area contributed by atoms with Crippen molar-refractivity contribution < 1.29 is 13.5 Å². The van der Waals surface area contributed by atoms with Gasteiger partial charge in [0.15, 0.2) is 11.6 Å². The normalized spacial score (nSPS) is 30.4. The molecule has 3 nitrogen and oxygen atoms in total. The van der Waals surface area contributed by atoms with Gasteiger partial charge in [-0.05, 0) is 44.0 Å². The zero-order valence-corrected chi connectivity index (χ0v) is 10.0. The summed E-state index contributed by atoms with van der Waals surface area (Å²) in [5.74, 6) is -1.60. The average molecular weight is 254 g/mol. The molecule has 98 valence electrons. The molecular weight excluding hydrogens is 238 g/mol. The van der Waals surface area contributed by atoms with Crippen LogP contribution in [0.4, 0.5) is 14.5 Å². The number of ether oxygens (including phenoxy) is 1. The van der Waals surface area contributed by atoms with E-state index in [0.717, 1.165) is 38.5 Å². The predicted molar refractivity (Wildman–Crippen MR) is 64.4 cm³/mol. The zero-order valence-electron chi connectivity index (χ0n) is 10.0. The molecule has 2 bridgehead atoms. The van der Waals surface area contributed by atoms with Crippen LogP contribution in [0.1, 0.15) is 12.8 Å². The van der Waals surface area contributed by atoms with E-state index in [9.17, 15) is 8.78 Å². The number of hydrogen-bond acceptors (Lipinski definition) is 3. The fourth-order valence-electron chi connectivity index (χ4n) is 2.86. The van der Waals surface area contributed by atoms with Gasteiger partial charge < -0.3 is 10.5 Å². The first-order chi connectivity index (χ1) is 8.65. The highest BCUT2D eigenvalue weighted by Crippen LogP contribution is 2.34. The monoisotopic (exact) mass is 254 g/mol. The largest absolute Gasteiger partial charge is 0.483 e. The Bertz CT molecular complexity index is 459. The Labute approximate surface area is 105 Å². The molecule has 0 radical (unpaired) electrons. The smallest absolute Gasteiger partial charge is 0.202 e. The van der Waals surface area contributed by atoms with Crippen LogP contribution in [0.3, 0.4) is 0 Å². The van der Waals surface area contributed by atoms with Crippen LogP contribution in [0.5, 0.6) is 5.75 Å². The van der Waals surface area contributed by atoms with E-state index in [-0.39, 0.29) is 17.5 Å². The van der Waals surface area contributed by atoms with E-state index >= 15 is 0 Å². The van der Waals surface area contributed by atoms with Crippen LogP contribution in [-0.2, 0) is 0 Å². The minimum Gasteiger partial charge on any atom is -0.483 e. The lowest BCUT2D eigenvalue weighted by Crippen LogP contribution is -2.52. The van der Waals surface area contributed by atoms with Gasteiger partial charge in [0.2, 0.25) is 5.82 Å². The molecule has 0 spiro atoms. The van der Waals surface area contributed by atoms with Crippen LogP contribution in [0.2, 0.25) is 0 Å². The van der Waals surface area contributed by atoms with Crippen LogP contribution < -0.4 is 10.5 Å². The molecule has 0 aromatic heterocycles. The first kappa shape index (κ1) is 11.7. The van der Waals surface area contributed by atoms with Gasteiger partial charge in [-0.1, -0.05) is 0 Å². The summed E-state index contributed by atoms with van der Waals surface area (Å²) in [5.41, 5.74) is 5.82. The third-order valence-corrected chi connectivity index (χ3v) is 3.95. The lowest BCUT2D eigenvalue weighted by Gasteiger charge is -2.44. The fraction of sp³-hybridized carbons (Fsp3) is 0.538. The predicted octanol–water partition coefficient (Wildman–Crippen LogP) is 2.02. The Balaban J connectivity index is 1.83. The number of hydrogen-bond donors (Lipinski definition) is 1. The lowest BCUT2D eigenvalue weighted by molar-refractivity contribution is -0.00936. The van der Waals surface area contributed by atoms with Crippen LogP contribution in [0.25, 0.3) is 0 Å². The number of halogens is 2. The fourth-order valence-corrected chi connectivity index (χ4v) is 2.86. The molecule has 4 rings (SSSR count). The van der Waals surface area contributed by atoms with E-state index in [4.69, 9.17) is 10.5 Å². The molecule has 2 N–H and O–H groups in total. The first-order valence-electron chi connectivity index (χ1n) is 6.27. The summed E-state index contributed by atoms with van der Waals surface area (Å²) < 4.78 is 32.5. The number of fused-ring (bicyclic) bond motifs is 3.